The molecule has 1 atom stereocenters. The van der Waals surface area contributed by atoms with Crippen LogP contribution in [0.1, 0.15) is 32.3 Å². The van der Waals surface area contributed by atoms with Crippen molar-refractivity contribution in [3.63, 3.8) is 0 Å². The predicted molar refractivity (Wildman–Crippen MR) is 91.0 cm³/mol. The largest absolute Gasteiger partial charge is 0.370 e. The van der Waals surface area contributed by atoms with Crippen molar-refractivity contribution in [2.45, 2.75) is 38.8 Å². The second-order valence-corrected chi connectivity index (χ2v) is 7.39. The van der Waals surface area contributed by atoms with Gasteiger partial charge in [0.05, 0.1) is 18.8 Å². The van der Waals surface area contributed by atoms with E-state index in [1.807, 2.05) is 30.9 Å². The molecule has 1 spiro atoms. The van der Waals surface area contributed by atoms with Gasteiger partial charge in [-0.15, -0.1) is 0 Å². The Morgan fingerprint density at radius 2 is 2.00 bits per heavy atom. The molecule has 132 valence electrons. The molecule has 3 rings (SSSR count). The topological polar surface area (TPSA) is 32.8 Å². The fourth-order valence-corrected chi connectivity index (χ4v) is 3.80. The Kier molecular flexibility index (Phi) is 5.21. The molecule has 1 aromatic rings. The van der Waals surface area contributed by atoms with Crippen LogP contribution in [0.3, 0.4) is 0 Å². The third-order valence-corrected chi connectivity index (χ3v) is 4.99. The summed E-state index contributed by atoms with van der Waals surface area (Å²) in [4.78, 5) is 16.7. The van der Waals surface area contributed by atoms with Gasteiger partial charge in [-0.05, 0) is 30.5 Å². The number of nitrogens with zero attached hydrogens (tertiary/aromatic N) is 2. The van der Waals surface area contributed by atoms with Crippen molar-refractivity contribution >= 4 is 5.91 Å². The minimum Gasteiger partial charge on any atom is -0.370 e. The van der Waals surface area contributed by atoms with Crippen molar-refractivity contribution in [2.75, 3.05) is 32.8 Å². The molecule has 2 heterocycles. The molecule has 2 fully saturated rings. The summed E-state index contributed by atoms with van der Waals surface area (Å²) in [5.41, 5.74) is 0.862. The van der Waals surface area contributed by atoms with E-state index in [1.165, 1.54) is 12.1 Å². The number of likely N-dealkylation sites (tertiary alicyclic amines) is 1. The third kappa shape index (κ3) is 3.95. The lowest BCUT2D eigenvalue weighted by Crippen LogP contribution is -2.60. The number of carbonyl (C=O) groups excluding carboxylic acids is 1. The second kappa shape index (κ2) is 7.19. The average Bonchev–Trinajstić information content (AvgIpc) is 2.56. The number of piperidine rings is 1. The highest BCUT2D eigenvalue weighted by molar-refractivity contribution is 5.78. The Labute approximate surface area is 143 Å². The molecule has 0 radical (unpaired) electrons. The van der Waals surface area contributed by atoms with Gasteiger partial charge in [0.1, 0.15) is 5.82 Å². The predicted octanol–water partition coefficient (Wildman–Crippen LogP) is 2.68. The van der Waals surface area contributed by atoms with Crippen LogP contribution in [-0.2, 0) is 16.1 Å². The molecule has 2 aliphatic rings. The number of hydrogen-bond donors (Lipinski definition) is 0. The van der Waals surface area contributed by atoms with Crippen LogP contribution in [0.15, 0.2) is 24.3 Å². The number of halogens is 1. The van der Waals surface area contributed by atoms with E-state index in [0.717, 1.165) is 44.6 Å². The summed E-state index contributed by atoms with van der Waals surface area (Å²) in [6.45, 7) is 8.60. The molecule has 2 saturated heterocycles. The van der Waals surface area contributed by atoms with Crippen LogP contribution in [0, 0.1) is 11.7 Å². The first-order valence-electron chi connectivity index (χ1n) is 8.87. The van der Waals surface area contributed by atoms with Crippen molar-refractivity contribution in [3.05, 3.63) is 35.6 Å². The van der Waals surface area contributed by atoms with E-state index < -0.39 is 0 Å². The van der Waals surface area contributed by atoms with Gasteiger partial charge in [0.25, 0.3) is 0 Å². The van der Waals surface area contributed by atoms with Crippen LogP contribution in [0.2, 0.25) is 0 Å². The Bertz CT molecular complexity index is 571. The number of benzene rings is 1. The standard InChI is InChI=1S/C19H27FN2O2/c1-15(2)18(23)22-9-3-8-19(14-22)13-21(10-11-24-19)12-16-4-6-17(20)7-5-16/h4-7,15H,3,8-14H2,1-2H3. The van der Waals surface area contributed by atoms with E-state index in [0.29, 0.717) is 13.2 Å². The van der Waals surface area contributed by atoms with Gasteiger partial charge in [-0.3, -0.25) is 9.69 Å². The van der Waals surface area contributed by atoms with Gasteiger partial charge in [0.2, 0.25) is 5.91 Å². The van der Waals surface area contributed by atoms with Gasteiger partial charge in [-0.2, -0.15) is 0 Å². The number of hydrogen-bond acceptors (Lipinski definition) is 3. The van der Waals surface area contributed by atoms with Crippen molar-refractivity contribution in [1.82, 2.24) is 9.80 Å². The summed E-state index contributed by atoms with van der Waals surface area (Å²) in [6.07, 6.45) is 1.98. The van der Waals surface area contributed by atoms with E-state index in [2.05, 4.69) is 4.90 Å². The van der Waals surface area contributed by atoms with Crippen molar-refractivity contribution in [1.29, 1.82) is 0 Å². The molecule has 0 aromatic heterocycles. The quantitative estimate of drug-likeness (QED) is 0.852. The minimum absolute atomic E-state index is 0.0269. The lowest BCUT2D eigenvalue weighted by Gasteiger charge is -2.48. The van der Waals surface area contributed by atoms with E-state index >= 15 is 0 Å². The number of rotatable bonds is 3. The average molecular weight is 334 g/mol. The molecular weight excluding hydrogens is 307 g/mol. The molecule has 1 aromatic carbocycles. The number of morpholine rings is 1. The van der Waals surface area contributed by atoms with Crippen LogP contribution in [0.5, 0.6) is 0 Å². The maximum absolute atomic E-state index is 13.1. The maximum atomic E-state index is 13.1. The Balaban J connectivity index is 1.65. The molecular formula is C19H27FN2O2. The first-order chi connectivity index (χ1) is 11.5. The van der Waals surface area contributed by atoms with Gasteiger partial charge in [0, 0.05) is 32.1 Å². The second-order valence-electron chi connectivity index (χ2n) is 7.39. The summed E-state index contributed by atoms with van der Waals surface area (Å²) in [5, 5.41) is 0. The summed E-state index contributed by atoms with van der Waals surface area (Å²) in [6, 6.07) is 6.70. The van der Waals surface area contributed by atoms with E-state index in [1.54, 1.807) is 0 Å². The van der Waals surface area contributed by atoms with Crippen molar-refractivity contribution in [3.8, 4) is 0 Å². The molecule has 1 unspecified atom stereocenters. The molecule has 4 nitrogen and oxygen atoms in total. The number of amides is 1. The summed E-state index contributed by atoms with van der Waals surface area (Å²) < 4.78 is 19.2. The zero-order chi connectivity index (χ0) is 17.2. The molecule has 24 heavy (non-hydrogen) atoms. The fourth-order valence-electron chi connectivity index (χ4n) is 3.80. The minimum atomic E-state index is -0.249. The fraction of sp³-hybridized carbons (Fsp3) is 0.632. The molecule has 0 aliphatic carbocycles. The monoisotopic (exact) mass is 334 g/mol. The lowest BCUT2D eigenvalue weighted by molar-refractivity contribution is -0.160. The van der Waals surface area contributed by atoms with Gasteiger partial charge in [-0.1, -0.05) is 26.0 Å². The Morgan fingerprint density at radius 3 is 2.71 bits per heavy atom. The highest BCUT2D eigenvalue weighted by atomic mass is 19.1. The highest BCUT2D eigenvalue weighted by Gasteiger charge is 2.41. The Morgan fingerprint density at radius 1 is 1.25 bits per heavy atom. The lowest BCUT2D eigenvalue weighted by atomic mass is 9.90. The van der Waals surface area contributed by atoms with E-state index in [-0.39, 0.29) is 23.2 Å². The molecule has 0 N–H and O–H groups in total. The molecule has 0 bridgehead atoms. The molecule has 0 saturated carbocycles. The van der Waals surface area contributed by atoms with Crippen molar-refractivity contribution in [2.24, 2.45) is 5.92 Å². The summed E-state index contributed by atoms with van der Waals surface area (Å²) in [5.74, 6) is 0.0414. The van der Waals surface area contributed by atoms with Crippen LogP contribution in [-0.4, -0.2) is 54.1 Å². The summed E-state index contributed by atoms with van der Waals surface area (Å²) >= 11 is 0. The first kappa shape index (κ1) is 17.4. The van der Waals surface area contributed by atoms with E-state index in [9.17, 15) is 9.18 Å². The smallest absolute Gasteiger partial charge is 0.225 e. The molecule has 2 aliphatic heterocycles. The van der Waals surface area contributed by atoms with Gasteiger partial charge < -0.3 is 9.64 Å². The highest BCUT2D eigenvalue weighted by Crippen LogP contribution is 2.30. The van der Waals surface area contributed by atoms with Crippen LogP contribution >= 0.6 is 0 Å². The van der Waals surface area contributed by atoms with Gasteiger partial charge in [-0.25, -0.2) is 4.39 Å². The van der Waals surface area contributed by atoms with Crippen molar-refractivity contribution < 1.29 is 13.9 Å². The SMILES string of the molecule is CC(C)C(=O)N1CCCC2(CN(Cc3ccc(F)cc3)CCO2)C1. The summed E-state index contributed by atoms with van der Waals surface area (Å²) in [7, 11) is 0. The molecule has 5 heteroatoms. The maximum Gasteiger partial charge on any atom is 0.225 e. The van der Waals surface area contributed by atoms with Crippen LogP contribution in [0.4, 0.5) is 4.39 Å². The Hall–Kier alpha value is -1.46. The van der Waals surface area contributed by atoms with Crippen LogP contribution < -0.4 is 0 Å². The number of carbonyl (C=O) groups is 1. The zero-order valence-electron chi connectivity index (χ0n) is 14.6. The zero-order valence-corrected chi connectivity index (χ0v) is 14.6. The normalized spacial score (nSPS) is 25.4. The third-order valence-electron chi connectivity index (χ3n) is 4.99. The first-order valence-corrected chi connectivity index (χ1v) is 8.87. The van der Waals surface area contributed by atoms with Gasteiger partial charge in [0.15, 0.2) is 0 Å². The van der Waals surface area contributed by atoms with Crippen LogP contribution in [0.25, 0.3) is 0 Å². The van der Waals surface area contributed by atoms with E-state index in [4.69, 9.17) is 4.74 Å². The van der Waals surface area contributed by atoms with Gasteiger partial charge >= 0.3 is 0 Å². The molecule has 1 amide bonds. The number of ether oxygens (including phenoxy) is 1.